The van der Waals surface area contributed by atoms with E-state index in [-0.39, 0.29) is 5.56 Å². The van der Waals surface area contributed by atoms with Crippen molar-refractivity contribution in [2.75, 3.05) is 5.32 Å². The van der Waals surface area contributed by atoms with E-state index < -0.39 is 0 Å². The van der Waals surface area contributed by atoms with Crippen LogP contribution in [0.15, 0.2) is 46.6 Å². The van der Waals surface area contributed by atoms with E-state index in [1.165, 1.54) is 10.6 Å². The molecule has 0 amide bonds. The van der Waals surface area contributed by atoms with Gasteiger partial charge in [0.25, 0.3) is 11.3 Å². The van der Waals surface area contributed by atoms with Crippen molar-refractivity contribution in [1.82, 2.24) is 19.6 Å². The summed E-state index contributed by atoms with van der Waals surface area (Å²) in [6.45, 7) is 4.59. The predicted molar refractivity (Wildman–Crippen MR) is 100 cm³/mol. The molecule has 0 aliphatic rings. The van der Waals surface area contributed by atoms with Crippen LogP contribution in [-0.2, 0) is 6.54 Å². The number of H-pyrrole nitrogens is 1. The molecular weight excluding hydrogens is 334 g/mol. The molecule has 0 radical (unpaired) electrons. The van der Waals surface area contributed by atoms with Gasteiger partial charge < -0.3 is 5.32 Å². The van der Waals surface area contributed by atoms with Crippen molar-refractivity contribution in [2.24, 2.45) is 0 Å². The monoisotopic (exact) mass is 351 g/mol. The SMILES string of the molecule is Cc1cccc(C)c1NCc1cc(=O)n2[nH]c(-c3cccs3)nc2n1. The summed E-state index contributed by atoms with van der Waals surface area (Å²) in [4.78, 5) is 22.3. The molecule has 3 heterocycles. The summed E-state index contributed by atoms with van der Waals surface area (Å²) in [5, 5.41) is 8.35. The molecule has 0 aliphatic heterocycles. The number of aromatic amines is 1. The second-order valence-electron chi connectivity index (χ2n) is 5.89. The van der Waals surface area contributed by atoms with E-state index >= 15 is 0 Å². The van der Waals surface area contributed by atoms with Crippen LogP contribution >= 0.6 is 11.3 Å². The average molecular weight is 351 g/mol. The van der Waals surface area contributed by atoms with Crippen LogP contribution in [0.4, 0.5) is 5.69 Å². The topological polar surface area (TPSA) is 75.1 Å². The fourth-order valence-electron chi connectivity index (χ4n) is 2.81. The number of hydrogen-bond acceptors (Lipinski definition) is 5. The zero-order valence-electron chi connectivity index (χ0n) is 13.9. The first kappa shape index (κ1) is 15.6. The molecule has 6 nitrogen and oxygen atoms in total. The Balaban J connectivity index is 1.66. The second-order valence-corrected chi connectivity index (χ2v) is 6.84. The van der Waals surface area contributed by atoms with Gasteiger partial charge in [-0.25, -0.2) is 4.98 Å². The quantitative estimate of drug-likeness (QED) is 0.591. The molecule has 0 atom stereocenters. The van der Waals surface area contributed by atoms with Crippen LogP contribution < -0.4 is 10.9 Å². The molecule has 3 aromatic heterocycles. The molecule has 0 bridgehead atoms. The molecular formula is C18H17N5OS. The van der Waals surface area contributed by atoms with E-state index in [0.29, 0.717) is 23.8 Å². The third kappa shape index (κ3) is 2.94. The van der Waals surface area contributed by atoms with Crippen molar-refractivity contribution in [3.05, 3.63) is 69.0 Å². The van der Waals surface area contributed by atoms with Crippen molar-refractivity contribution in [2.45, 2.75) is 20.4 Å². The molecule has 7 heteroatoms. The van der Waals surface area contributed by atoms with Crippen molar-refractivity contribution < 1.29 is 0 Å². The number of anilines is 1. The molecule has 25 heavy (non-hydrogen) atoms. The van der Waals surface area contributed by atoms with E-state index in [0.717, 1.165) is 21.7 Å². The van der Waals surface area contributed by atoms with Gasteiger partial charge >= 0.3 is 0 Å². The number of nitrogens with one attached hydrogen (secondary N) is 2. The first-order chi connectivity index (χ1) is 12.1. The van der Waals surface area contributed by atoms with E-state index in [1.54, 1.807) is 11.3 Å². The third-order valence-corrected chi connectivity index (χ3v) is 4.94. The Morgan fingerprint density at radius 2 is 1.96 bits per heavy atom. The number of fused-ring (bicyclic) bond motifs is 1. The van der Waals surface area contributed by atoms with Crippen LogP contribution in [0.1, 0.15) is 16.8 Å². The van der Waals surface area contributed by atoms with Gasteiger partial charge in [0.1, 0.15) is 0 Å². The number of hydrogen-bond donors (Lipinski definition) is 2. The largest absolute Gasteiger partial charge is 0.379 e. The van der Waals surface area contributed by atoms with Crippen LogP contribution in [0.2, 0.25) is 0 Å². The molecule has 0 aliphatic carbocycles. The molecule has 4 aromatic rings. The van der Waals surface area contributed by atoms with Crippen LogP contribution in [0, 0.1) is 13.8 Å². The lowest BCUT2D eigenvalue weighted by Gasteiger charge is -2.12. The van der Waals surface area contributed by atoms with Crippen LogP contribution in [0.5, 0.6) is 0 Å². The first-order valence-electron chi connectivity index (χ1n) is 7.94. The van der Waals surface area contributed by atoms with Crippen molar-refractivity contribution in [3.63, 3.8) is 0 Å². The smallest absolute Gasteiger partial charge is 0.274 e. The first-order valence-corrected chi connectivity index (χ1v) is 8.82. The molecule has 0 saturated carbocycles. The van der Waals surface area contributed by atoms with Gasteiger partial charge in [0.2, 0.25) is 0 Å². The van der Waals surface area contributed by atoms with E-state index in [9.17, 15) is 4.79 Å². The highest BCUT2D eigenvalue weighted by Crippen LogP contribution is 2.21. The lowest BCUT2D eigenvalue weighted by Crippen LogP contribution is -2.17. The molecule has 2 N–H and O–H groups in total. The van der Waals surface area contributed by atoms with E-state index in [1.807, 2.05) is 23.6 Å². The summed E-state index contributed by atoms with van der Waals surface area (Å²) in [5.41, 5.74) is 3.90. The Bertz CT molecular complexity index is 1070. The lowest BCUT2D eigenvalue weighted by atomic mass is 10.1. The Labute approximate surface area is 148 Å². The van der Waals surface area contributed by atoms with Gasteiger partial charge in [0.15, 0.2) is 5.82 Å². The van der Waals surface area contributed by atoms with Gasteiger partial charge in [-0.05, 0) is 36.4 Å². The van der Waals surface area contributed by atoms with Gasteiger partial charge in [-0.1, -0.05) is 24.3 Å². The maximum absolute atomic E-state index is 12.4. The maximum Gasteiger partial charge on any atom is 0.274 e. The fraction of sp³-hybridized carbons (Fsp3) is 0.167. The zero-order chi connectivity index (χ0) is 17.4. The number of para-hydroxylation sites is 1. The Morgan fingerprint density at radius 1 is 1.16 bits per heavy atom. The summed E-state index contributed by atoms with van der Waals surface area (Å²) in [6, 6.07) is 11.6. The molecule has 0 fully saturated rings. The normalized spacial score (nSPS) is 11.1. The number of benzene rings is 1. The number of aryl methyl sites for hydroxylation is 2. The Kier molecular flexibility index (Phi) is 3.85. The van der Waals surface area contributed by atoms with Gasteiger partial charge in [-0.15, -0.1) is 11.3 Å². The van der Waals surface area contributed by atoms with Gasteiger partial charge in [0.05, 0.1) is 17.1 Å². The minimum absolute atomic E-state index is 0.168. The number of thiophene rings is 1. The number of rotatable bonds is 4. The highest BCUT2D eigenvalue weighted by atomic mass is 32.1. The van der Waals surface area contributed by atoms with Crippen molar-refractivity contribution in [1.29, 1.82) is 0 Å². The molecule has 0 saturated heterocycles. The predicted octanol–water partition coefficient (Wildman–Crippen LogP) is 3.38. The zero-order valence-corrected chi connectivity index (χ0v) is 14.7. The summed E-state index contributed by atoms with van der Waals surface area (Å²) in [5.74, 6) is 1.04. The standard InChI is InChI=1S/C18H17N5OS/c1-11-5-3-6-12(2)16(11)19-10-13-9-15(24)23-18(20-13)21-17(22-23)14-7-4-8-25-14/h3-9,19H,10H2,1-2H3,(H,20,21,22). The van der Waals surface area contributed by atoms with Crippen LogP contribution in [0.3, 0.4) is 0 Å². The summed E-state index contributed by atoms with van der Waals surface area (Å²) in [6.07, 6.45) is 0. The molecule has 0 unspecified atom stereocenters. The summed E-state index contributed by atoms with van der Waals surface area (Å²) in [7, 11) is 0. The van der Waals surface area contributed by atoms with Crippen LogP contribution in [0.25, 0.3) is 16.5 Å². The summed E-state index contributed by atoms with van der Waals surface area (Å²) >= 11 is 1.56. The molecule has 0 spiro atoms. The number of aromatic nitrogens is 4. The van der Waals surface area contributed by atoms with Crippen molar-refractivity contribution in [3.8, 4) is 10.7 Å². The van der Waals surface area contributed by atoms with Gasteiger partial charge in [-0.3, -0.25) is 9.89 Å². The minimum Gasteiger partial charge on any atom is -0.379 e. The average Bonchev–Trinajstić information content (AvgIpc) is 3.23. The maximum atomic E-state index is 12.4. The van der Waals surface area contributed by atoms with Crippen molar-refractivity contribution >= 4 is 22.8 Å². The van der Waals surface area contributed by atoms with Crippen LogP contribution in [-0.4, -0.2) is 19.6 Å². The van der Waals surface area contributed by atoms with Gasteiger partial charge in [-0.2, -0.15) is 9.50 Å². The summed E-state index contributed by atoms with van der Waals surface area (Å²) < 4.78 is 1.37. The second kappa shape index (κ2) is 6.18. The Morgan fingerprint density at radius 3 is 2.68 bits per heavy atom. The minimum atomic E-state index is -0.168. The molecule has 1 aromatic carbocycles. The third-order valence-electron chi connectivity index (χ3n) is 4.07. The van der Waals surface area contributed by atoms with E-state index in [2.05, 4.69) is 46.4 Å². The highest BCUT2D eigenvalue weighted by molar-refractivity contribution is 7.13. The fourth-order valence-corrected chi connectivity index (χ4v) is 3.48. The van der Waals surface area contributed by atoms with Gasteiger partial charge in [0, 0.05) is 11.8 Å². The molecule has 4 rings (SSSR count). The number of nitrogens with zero attached hydrogens (tertiary/aromatic N) is 3. The molecule has 126 valence electrons. The van der Waals surface area contributed by atoms with E-state index in [4.69, 9.17) is 0 Å². The lowest BCUT2D eigenvalue weighted by molar-refractivity contribution is 0.879. The Hall–Kier alpha value is -2.93. The highest BCUT2D eigenvalue weighted by Gasteiger charge is 2.10.